The Balaban J connectivity index is 1.65. The number of anilines is 1. The number of carbonyl (C=O) groups excluding carboxylic acids is 1. The first kappa shape index (κ1) is 23.8. The first-order chi connectivity index (χ1) is 17.2. The van der Waals surface area contributed by atoms with Gasteiger partial charge in [-0.2, -0.15) is 13.2 Å². The molecule has 1 saturated carbocycles. The minimum Gasteiger partial charge on any atom is -0.392 e. The topological polar surface area (TPSA) is 106 Å². The van der Waals surface area contributed by atoms with E-state index in [1.165, 1.54) is 0 Å². The lowest BCUT2D eigenvalue weighted by Crippen LogP contribution is -2.16. The molecular formula is C26H24F3N5O2. The highest BCUT2D eigenvalue weighted by atomic mass is 19.4. The minimum absolute atomic E-state index is 0.201. The molecule has 0 radical (unpaired) electrons. The number of amides is 1. The van der Waals surface area contributed by atoms with Gasteiger partial charge in [-0.15, -0.1) is 0 Å². The molecule has 5 rings (SSSR count). The zero-order chi connectivity index (χ0) is 25.4. The van der Waals surface area contributed by atoms with Crippen LogP contribution in [0.15, 0.2) is 54.9 Å². The zero-order valence-corrected chi connectivity index (χ0v) is 19.2. The van der Waals surface area contributed by atoms with Crippen LogP contribution in [-0.2, 0) is 6.61 Å². The monoisotopic (exact) mass is 495 g/mol. The maximum atomic E-state index is 12.8. The van der Waals surface area contributed by atoms with Gasteiger partial charge in [0.25, 0.3) is 0 Å². The second-order valence-electron chi connectivity index (χ2n) is 8.86. The third-order valence-corrected chi connectivity index (χ3v) is 6.29. The number of hydrogen-bond donors (Lipinski definition) is 3. The van der Waals surface area contributed by atoms with Gasteiger partial charge in [0.2, 0.25) is 5.91 Å². The summed E-state index contributed by atoms with van der Waals surface area (Å²) in [4.78, 5) is 20.9. The smallest absolute Gasteiger partial charge is 0.390 e. The summed E-state index contributed by atoms with van der Waals surface area (Å²) >= 11 is 0. The zero-order valence-electron chi connectivity index (χ0n) is 19.2. The van der Waals surface area contributed by atoms with Crippen LogP contribution in [0.5, 0.6) is 0 Å². The Labute approximate surface area is 204 Å². The van der Waals surface area contributed by atoms with Crippen LogP contribution in [-0.4, -0.2) is 38.1 Å². The van der Waals surface area contributed by atoms with Gasteiger partial charge in [-0.25, -0.2) is 9.97 Å². The van der Waals surface area contributed by atoms with Gasteiger partial charge in [-0.05, 0) is 42.0 Å². The van der Waals surface area contributed by atoms with Crippen molar-refractivity contribution in [3.05, 3.63) is 71.5 Å². The van der Waals surface area contributed by atoms with Crippen molar-refractivity contribution < 1.29 is 23.1 Å². The van der Waals surface area contributed by atoms with Crippen molar-refractivity contribution in [1.82, 2.24) is 14.4 Å². The van der Waals surface area contributed by atoms with Crippen LogP contribution in [0.4, 0.5) is 19.0 Å². The number of nitrogens with one attached hydrogen (secondary N) is 1. The molecule has 2 aromatic carbocycles. The van der Waals surface area contributed by atoms with Crippen LogP contribution in [0, 0.1) is 0 Å². The van der Waals surface area contributed by atoms with E-state index in [2.05, 4.69) is 15.3 Å². The summed E-state index contributed by atoms with van der Waals surface area (Å²) in [6, 6.07) is 12.6. The highest BCUT2D eigenvalue weighted by Gasteiger charge is 2.29. The van der Waals surface area contributed by atoms with Crippen LogP contribution >= 0.6 is 0 Å². The number of benzene rings is 2. The third kappa shape index (κ3) is 4.76. The molecule has 4 N–H and O–H groups in total. The number of hydrogen-bond acceptors (Lipinski definition) is 5. The average molecular weight is 496 g/mol. The second kappa shape index (κ2) is 9.27. The Bertz CT molecular complexity index is 1440. The molecule has 0 bridgehead atoms. The first-order valence-corrected chi connectivity index (χ1v) is 11.6. The summed E-state index contributed by atoms with van der Waals surface area (Å²) in [5, 5.41) is 12.6. The number of primary amides is 1. The van der Waals surface area contributed by atoms with Crippen LogP contribution < -0.4 is 11.1 Å². The summed E-state index contributed by atoms with van der Waals surface area (Å²) in [7, 11) is 0. The molecule has 1 fully saturated rings. The van der Waals surface area contributed by atoms with Gasteiger partial charge in [-0.1, -0.05) is 30.3 Å². The number of carbonyl (C=O) groups is 1. The molecule has 2 aromatic heterocycles. The Morgan fingerprint density at radius 3 is 2.67 bits per heavy atom. The fourth-order valence-corrected chi connectivity index (χ4v) is 4.36. The van der Waals surface area contributed by atoms with Gasteiger partial charge in [-0.3, -0.25) is 9.20 Å². The molecule has 0 saturated heterocycles. The SMILES string of the molecule is NC(=O)c1ccc(-c2cnc3c(NCCC(F)(F)F)nc(-c4ccccc4CO)cn23)cc1C1CC1. The van der Waals surface area contributed by atoms with Crippen molar-refractivity contribution in [1.29, 1.82) is 0 Å². The average Bonchev–Trinajstić information content (AvgIpc) is 3.61. The number of nitrogens with zero attached hydrogens (tertiary/aromatic N) is 3. The van der Waals surface area contributed by atoms with E-state index in [1.807, 2.05) is 6.07 Å². The molecule has 4 aromatic rings. The maximum Gasteiger partial charge on any atom is 0.390 e. The lowest BCUT2D eigenvalue weighted by atomic mass is 9.98. The molecule has 10 heteroatoms. The first-order valence-electron chi connectivity index (χ1n) is 11.6. The summed E-state index contributed by atoms with van der Waals surface area (Å²) in [5.74, 6) is -0.00311. The molecule has 1 aliphatic carbocycles. The van der Waals surface area contributed by atoms with Gasteiger partial charge in [0, 0.05) is 29.4 Å². The van der Waals surface area contributed by atoms with Crippen molar-refractivity contribution >= 4 is 17.4 Å². The van der Waals surface area contributed by atoms with Gasteiger partial charge in [0.05, 0.1) is 30.6 Å². The standard InChI is InChI=1S/C26H24F3N5O2/c27-26(28,29)9-10-31-24-25-32-12-22(16-7-8-19(23(30)36)20(11-16)15-5-6-15)34(25)13-21(33-24)18-4-2-1-3-17(18)14-35/h1-4,7-8,11-13,15,35H,5-6,9-10,14H2,(H2,30,36)(H,31,33). The molecule has 186 valence electrons. The minimum atomic E-state index is -4.31. The largest absolute Gasteiger partial charge is 0.392 e. The number of fused-ring (bicyclic) bond motifs is 1. The highest BCUT2D eigenvalue weighted by Crippen LogP contribution is 2.43. The number of rotatable bonds is 8. The van der Waals surface area contributed by atoms with Gasteiger partial charge in [0.1, 0.15) is 0 Å². The highest BCUT2D eigenvalue weighted by molar-refractivity contribution is 5.95. The molecule has 0 spiro atoms. The van der Waals surface area contributed by atoms with Gasteiger partial charge in [0.15, 0.2) is 11.5 Å². The number of imidazole rings is 1. The Hall–Kier alpha value is -3.92. The Kier molecular flexibility index (Phi) is 6.13. The van der Waals surface area contributed by atoms with E-state index in [9.17, 15) is 23.1 Å². The van der Waals surface area contributed by atoms with E-state index < -0.39 is 18.5 Å². The number of alkyl halides is 3. The fourth-order valence-electron chi connectivity index (χ4n) is 4.36. The normalized spacial score (nSPS) is 13.8. The molecule has 1 aliphatic rings. The predicted molar refractivity (Wildman–Crippen MR) is 129 cm³/mol. The summed E-state index contributed by atoms with van der Waals surface area (Å²) in [6.45, 7) is -0.582. The van der Waals surface area contributed by atoms with Gasteiger partial charge >= 0.3 is 6.18 Å². The molecule has 7 nitrogen and oxygen atoms in total. The van der Waals surface area contributed by atoms with Crippen molar-refractivity contribution in [3.8, 4) is 22.5 Å². The summed E-state index contributed by atoms with van der Waals surface area (Å²) < 4.78 is 40.2. The van der Waals surface area contributed by atoms with Crippen molar-refractivity contribution in [2.24, 2.45) is 5.73 Å². The molecule has 0 unspecified atom stereocenters. The molecule has 1 amide bonds. The number of nitrogens with two attached hydrogens (primary N) is 1. The predicted octanol–water partition coefficient (Wildman–Crippen LogP) is 4.90. The summed E-state index contributed by atoms with van der Waals surface area (Å²) in [5.41, 5.74) is 10.6. The van der Waals surface area contributed by atoms with E-state index in [-0.39, 0.29) is 24.9 Å². The Morgan fingerprint density at radius 2 is 1.97 bits per heavy atom. The van der Waals surface area contributed by atoms with Crippen molar-refractivity contribution in [2.45, 2.75) is 38.0 Å². The number of halogens is 3. The van der Waals surface area contributed by atoms with Crippen molar-refractivity contribution in [2.75, 3.05) is 11.9 Å². The lowest BCUT2D eigenvalue weighted by Gasteiger charge is -2.14. The fraction of sp³-hybridized carbons (Fsp3) is 0.269. The van der Waals surface area contributed by atoms with Crippen LogP contribution in [0.25, 0.3) is 28.2 Å². The number of aliphatic hydroxyl groups excluding tert-OH is 1. The second-order valence-corrected chi connectivity index (χ2v) is 8.86. The van der Waals surface area contributed by atoms with E-state index in [4.69, 9.17) is 5.73 Å². The molecule has 36 heavy (non-hydrogen) atoms. The Morgan fingerprint density at radius 1 is 1.19 bits per heavy atom. The molecule has 0 atom stereocenters. The molecule has 2 heterocycles. The third-order valence-electron chi connectivity index (χ3n) is 6.29. The lowest BCUT2D eigenvalue weighted by molar-refractivity contribution is -0.131. The maximum absolute atomic E-state index is 12.8. The number of aromatic nitrogens is 3. The van der Waals surface area contributed by atoms with E-state index in [0.29, 0.717) is 33.7 Å². The van der Waals surface area contributed by atoms with Crippen LogP contribution in [0.1, 0.15) is 46.7 Å². The molecular weight excluding hydrogens is 471 g/mol. The van der Waals surface area contributed by atoms with Crippen LogP contribution in [0.3, 0.4) is 0 Å². The van der Waals surface area contributed by atoms with Crippen LogP contribution in [0.2, 0.25) is 0 Å². The summed E-state index contributed by atoms with van der Waals surface area (Å²) in [6.07, 6.45) is 0.00735. The van der Waals surface area contributed by atoms with Gasteiger partial charge < -0.3 is 16.2 Å². The number of aliphatic hydroxyl groups is 1. The van der Waals surface area contributed by atoms with Crippen molar-refractivity contribution in [3.63, 3.8) is 0 Å². The van der Waals surface area contributed by atoms with E-state index in [1.54, 1.807) is 53.2 Å². The van der Waals surface area contributed by atoms with E-state index in [0.717, 1.165) is 24.0 Å². The van der Waals surface area contributed by atoms with E-state index >= 15 is 0 Å². The molecule has 0 aliphatic heterocycles. The quantitative estimate of drug-likeness (QED) is 0.323.